The Hall–Kier alpha value is -4.06. The number of aromatic nitrogens is 1. The third-order valence-electron chi connectivity index (χ3n) is 5.28. The van der Waals surface area contributed by atoms with E-state index >= 15 is 0 Å². The molecule has 168 valence electrons. The number of hydrogen-bond donors (Lipinski definition) is 3. The zero-order valence-corrected chi connectivity index (χ0v) is 18.9. The van der Waals surface area contributed by atoms with Crippen molar-refractivity contribution in [3.8, 4) is 5.75 Å². The van der Waals surface area contributed by atoms with Crippen LogP contribution < -0.4 is 15.4 Å². The molecule has 6 nitrogen and oxygen atoms in total. The van der Waals surface area contributed by atoms with E-state index in [-0.39, 0.29) is 5.91 Å². The number of nitrogens with zero attached hydrogens (tertiary/aromatic N) is 1. The number of fused-ring (bicyclic) bond motifs is 1. The summed E-state index contributed by atoms with van der Waals surface area (Å²) < 4.78 is 5.72. The Bertz CT molecular complexity index is 1280. The molecule has 1 heterocycles. The zero-order chi connectivity index (χ0) is 23.0. The fourth-order valence-corrected chi connectivity index (χ4v) is 3.68. The summed E-state index contributed by atoms with van der Waals surface area (Å²) in [5.74, 6) is 0.869. The average molecular weight is 441 g/mol. The Morgan fingerprint density at radius 3 is 2.70 bits per heavy atom. The van der Waals surface area contributed by atoms with Crippen LogP contribution in [0.15, 0.2) is 84.0 Å². The number of H-pyrrole nitrogens is 1. The van der Waals surface area contributed by atoms with Crippen molar-refractivity contribution in [1.29, 1.82) is 0 Å². The molecule has 0 aliphatic heterocycles. The van der Waals surface area contributed by atoms with Gasteiger partial charge in [0.05, 0.1) is 12.3 Å². The second kappa shape index (κ2) is 10.5. The summed E-state index contributed by atoms with van der Waals surface area (Å²) in [6.07, 6.45) is 2.76. The first-order valence-corrected chi connectivity index (χ1v) is 11.1. The molecule has 0 fully saturated rings. The number of nitrogens with one attached hydrogen (secondary N) is 3. The van der Waals surface area contributed by atoms with Crippen molar-refractivity contribution in [3.05, 3.63) is 95.7 Å². The molecule has 0 bridgehead atoms. The number of hydrogen-bond acceptors (Lipinski definition) is 3. The van der Waals surface area contributed by atoms with Gasteiger partial charge in [-0.15, -0.1) is 0 Å². The van der Waals surface area contributed by atoms with Crippen LogP contribution in [0.1, 0.15) is 28.4 Å². The smallest absolute Gasteiger partial charge is 0.257 e. The second-order valence-electron chi connectivity index (χ2n) is 7.72. The minimum absolute atomic E-state index is 0.217. The van der Waals surface area contributed by atoms with Crippen molar-refractivity contribution in [1.82, 2.24) is 10.3 Å². The van der Waals surface area contributed by atoms with E-state index in [0.717, 1.165) is 23.2 Å². The molecule has 3 aromatic carbocycles. The molecule has 0 unspecified atom stereocenters. The topological polar surface area (TPSA) is 78.5 Å². The van der Waals surface area contributed by atoms with Gasteiger partial charge in [-0.2, -0.15) is 0 Å². The number of aryl methyl sites for hydroxylation is 1. The zero-order valence-electron chi connectivity index (χ0n) is 18.9. The molecule has 0 saturated heterocycles. The maximum Gasteiger partial charge on any atom is 0.257 e. The molecular weight excluding hydrogens is 412 g/mol. The summed E-state index contributed by atoms with van der Waals surface area (Å²) in [7, 11) is 0. The van der Waals surface area contributed by atoms with Gasteiger partial charge in [-0.3, -0.25) is 15.1 Å². The number of para-hydroxylation sites is 3. The fourth-order valence-electron chi connectivity index (χ4n) is 3.68. The molecule has 6 heteroatoms. The number of benzene rings is 3. The van der Waals surface area contributed by atoms with E-state index in [1.165, 1.54) is 10.9 Å². The molecule has 1 aromatic heterocycles. The lowest BCUT2D eigenvalue weighted by molar-refractivity contribution is 0.0977. The highest BCUT2D eigenvalue weighted by molar-refractivity contribution is 6.10. The number of aromatic amines is 1. The van der Waals surface area contributed by atoms with E-state index in [4.69, 9.17) is 9.73 Å². The van der Waals surface area contributed by atoms with Crippen LogP contribution in [0.4, 0.5) is 5.69 Å². The van der Waals surface area contributed by atoms with Crippen LogP contribution in [0.25, 0.3) is 10.9 Å². The van der Waals surface area contributed by atoms with E-state index < -0.39 is 0 Å². The third-order valence-corrected chi connectivity index (χ3v) is 5.28. The lowest BCUT2D eigenvalue weighted by Gasteiger charge is -2.15. The molecule has 4 aromatic rings. The van der Waals surface area contributed by atoms with Crippen LogP contribution in [0.5, 0.6) is 5.75 Å². The molecule has 33 heavy (non-hydrogen) atoms. The van der Waals surface area contributed by atoms with Crippen molar-refractivity contribution in [2.75, 3.05) is 18.5 Å². The first kappa shape index (κ1) is 22.1. The van der Waals surface area contributed by atoms with Crippen molar-refractivity contribution >= 4 is 28.5 Å². The maximum atomic E-state index is 12.9. The maximum absolute atomic E-state index is 12.9. The molecule has 0 aliphatic rings. The van der Waals surface area contributed by atoms with Crippen LogP contribution in [-0.2, 0) is 6.42 Å². The monoisotopic (exact) mass is 440 g/mol. The third kappa shape index (κ3) is 5.60. The van der Waals surface area contributed by atoms with Crippen molar-refractivity contribution in [2.45, 2.75) is 20.3 Å². The predicted molar refractivity (Wildman–Crippen MR) is 134 cm³/mol. The van der Waals surface area contributed by atoms with Gasteiger partial charge in [-0.1, -0.05) is 48.0 Å². The molecule has 1 amide bonds. The summed E-state index contributed by atoms with van der Waals surface area (Å²) >= 11 is 0. The van der Waals surface area contributed by atoms with Gasteiger partial charge in [-0.25, -0.2) is 0 Å². The minimum Gasteiger partial charge on any atom is -0.492 e. The molecule has 0 atom stereocenters. The van der Waals surface area contributed by atoms with E-state index in [1.54, 1.807) is 6.07 Å². The van der Waals surface area contributed by atoms with Gasteiger partial charge in [0, 0.05) is 29.2 Å². The average Bonchev–Trinajstić information content (AvgIpc) is 3.23. The summed E-state index contributed by atoms with van der Waals surface area (Å²) in [5, 5.41) is 7.37. The lowest BCUT2D eigenvalue weighted by Crippen LogP contribution is -2.36. The molecule has 0 aliphatic carbocycles. The van der Waals surface area contributed by atoms with Crippen molar-refractivity contribution in [3.63, 3.8) is 0 Å². The van der Waals surface area contributed by atoms with Gasteiger partial charge in [0.1, 0.15) is 5.75 Å². The van der Waals surface area contributed by atoms with E-state index in [2.05, 4.69) is 27.8 Å². The fraction of sp³-hybridized carbons (Fsp3) is 0.185. The van der Waals surface area contributed by atoms with E-state index in [0.29, 0.717) is 30.4 Å². The quantitative estimate of drug-likeness (QED) is 0.269. The van der Waals surface area contributed by atoms with Crippen molar-refractivity contribution < 1.29 is 9.53 Å². The molecule has 3 N–H and O–H groups in total. The number of anilines is 1. The lowest BCUT2D eigenvalue weighted by atomic mass is 10.1. The highest BCUT2D eigenvalue weighted by atomic mass is 16.5. The van der Waals surface area contributed by atoms with E-state index in [9.17, 15) is 4.79 Å². The van der Waals surface area contributed by atoms with Gasteiger partial charge in [0.25, 0.3) is 5.91 Å². The Kier molecular flexibility index (Phi) is 7.05. The molecule has 4 rings (SSSR count). The van der Waals surface area contributed by atoms with Gasteiger partial charge >= 0.3 is 0 Å². The largest absolute Gasteiger partial charge is 0.492 e. The highest BCUT2D eigenvalue weighted by Gasteiger charge is 2.12. The SMILES string of the molecule is CCOc1ccccc1NC(=NCCc1c[nH]c2ccccc12)NC(=O)c1cccc(C)c1. The van der Waals surface area contributed by atoms with Crippen LogP contribution >= 0.6 is 0 Å². The number of rotatable bonds is 7. The Morgan fingerprint density at radius 2 is 1.85 bits per heavy atom. The van der Waals surface area contributed by atoms with Gasteiger partial charge in [0.2, 0.25) is 5.96 Å². The van der Waals surface area contributed by atoms with Crippen LogP contribution in [0.2, 0.25) is 0 Å². The Balaban J connectivity index is 1.55. The number of ether oxygens (including phenoxy) is 1. The van der Waals surface area contributed by atoms with E-state index in [1.807, 2.05) is 74.6 Å². The normalized spacial score (nSPS) is 11.4. The minimum atomic E-state index is -0.217. The first-order valence-electron chi connectivity index (χ1n) is 11.1. The Labute approximate surface area is 193 Å². The first-order chi connectivity index (χ1) is 16.1. The van der Waals surface area contributed by atoms with Gasteiger partial charge < -0.3 is 15.0 Å². The summed E-state index contributed by atoms with van der Waals surface area (Å²) in [6.45, 7) is 4.95. The molecule has 0 radical (unpaired) electrons. The number of amides is 1. The van der Waals surface area contributed by atoms with Crippen molar-refractivity contribution in [2.24, 2.45) is 4.99 Å². The summed E-state index contributed by atoms with van der Waals surface area (Å²) in [4.78, 5) is 20.9. The van der Waals surface area contributed by atoms with Crippen LogP contribution in [0, 0.1) is 6.92 Å². The number of carbonyl (C=O) groups excluding carboxylic acids is 1. The molecule has 0 saturated carbocycles. The highest BCUT2D eigenvalue weighted by Crippen LogP contribution is 2.23. The summed E-state index contributed by atoms with van der Waals surface area (Å²) in [6, 6.07) is 23.3. The molecule has 0 spiro atoms. The standard InChI is InChI=1S/C27H28N4O2/c1-3-33-25-14-7-6-13-24(25)30-27(31-26(32)20-10-8-9-19(2)17-20)28-16-15-21-18-29-23-12-5-4-11-22(21)23/h4-14,17-18,29H,3,15-16H2,1-2H3,(H2,28,30,31,32). The number of carbonyl (C=O) groups is 1. The molecular formula is C27H28N4O2. The summed E-state index contributed by atoms with van der Waals surface area (Å²) in [5.41, 5.74) is 4.64. The van der Waals surface area contributed by atoms with Crippen LogP contribution in [0.3, 0.4) is 0 Å². The Morgan fingerprint density at radius 1 is 1.03 bits per heavy atom. The predicted octanol–water partition coefficient (Wildman–Crippen LogP) is 5.32. The van der Waals surface area contributed by atoms with Gasteiger partial charge in [0.15, 0.2) is 0 Å². The van der Waals surface area contributed by atoms with Crippen LogP contribution in [-0.4, -0.2) is 30.0 Å². The van der Waals surface area contributed by atoms with Gasteiger partial charge in [-0.05, 0) is 56.2 Å². The number of guanidine groups is 1. The number of aliphatic imine (C=N–C) groups is 1. The second-order valence-corrected chi connectivity index (χ2v) is 7.72.